The topological polar surface area (TPSA) is 111 Å². The summed E-state index contributed by atoms with van der Waals surface area (Å²) in [6.07, 6.45) is 0.170. The molecule has 0 heterocycles. The van der Waals surface area contributed by atoms with Gasteiger partial charge in [-0.1, -0.05) is 12.1 Å². The third-order valence-electron chi connectivity index (χ3n) is 4.10. The standard InChI is InChI=1S/C22H28N2O6S/c1-5-29-22(26)13-17-6-8-18(9-7-17)23-21(25)14-30-20-11-10-19(12-16(20)4)31(27,28)24-15(2)3/h6-12,15,24H,5,13-14H2,1-4H3,(H,23,25). The number of sulfonamides is 1. The molecule has 2 N–H and O–H groups in total. The molecular formula is C22H28N2O6S. The van der Waals surface area contributed by atoms with Gasteiger partial charge in [-0.15, -0.1) is 0 Å². The van der Waals surface area contributed by atoms with E-state index in [1.165, 1.54) is 18.2 Å². The number of nitrogens with one attached hydrogen (secondary N) is 2. The Labute approximate surface area is 183 Å². The number of benzene rings is 2. The van der Waals surface area contributed by atoms with Gasteiger partial charge in [0.15, 0.2) is 6.61 Å². The number of hydrogen-bond acceptors (Lipinski definition) is 6. The molecule has 0 aliphatic rings. The number of esters is 1. The fraction of sp³-hybridized carbons (Fsp3) is 0.364. The van der Waals surface area contributed by atoms with E-state index in [4.69, 9.17) is 9.47 Å². The summed E-state index contributed by atoms with van der Waals surface area (Å²) in [6.45, 7) is 7.05. The zero-order valence-electron chi connectivity index (χ0n) is 18.1. The molecule has 2 aromatic rings. The van der Waals surface area contributed by atoms with Gasteiger partial charge in [-0.2, -0.15) is 0 Å². The number of aryl methyl sites for hydroxylation is 1. The fourth-order valence-electron chi connectivity index (χ4n) is 2.75. The predicted octanol–water partition coefficient (Wildman–Crippen LogP) is 2.80. The van der Waals surface area contributed by atoms with Gasteiger partial charge >= 0.3 is 5.97 Å². The molecule has 0 atom stereocenters. The van der Waals surface area contributed by atoms with Gasteiger partial charge < -0.3 is 14.8 Å². The molecule has 0 aliphatic heterocycles. The van der Waals surface area contributed by atoms with Crippen molar-refractivity contribution >= 4 is 27.6 Å². The highest BCUT2D eigenvalue weighted by Crippen LogP contribution is 2.22. The van der Waals surface area contributed by atoms with Gasteiger partial charge in [-0.3, -0.25) is 9.59 Å². The Kier molecular flexibility index (Phi) is 8.58. The van der Waals surface area contributed by atoms with Crippen molar-refractivity contribution in [3.63, 3.8) is 0 Å². The minimum Gasteiger partial charge on any atom is -0.483 e. The lowest BCUT2D eigenvalue weighted by Crippen LogP contribution is -2.30. The largest absolute Gasteiger partial charge is 0.483 e. The summed E-state index contributed by atoms with van der Waals surface area (Å²) in [4.78, 5) is 23.8. The average Bonchev–Trinajstić information content (AvgIpc) is 2.67. The van der Waals surface area contributed by atoms with Crippen molar-refractivity contribution in [3.05, 3.63) is 53.6 Å². The second kappa shape index (κ2) is 10.9. The van der Waals surface area contributed by atoms with E-state index in [1.807, 2.05) is 0 Å². The summed E-state index contributed by atoms with van der Waals surface area (Å²) in [7, 11) is -3.60. The molecule has 0 aliphatic carbocycles. The molecule has 31 heavy (non-hydrogen) atoms. The van der Waals surface area contributed by atoms with Crippen molar-refractivity contribution < 1.29 is 27.5 Å². The van der Waals surface area contributed by atoms with Crippen LogP contribution in [0.1, 0.15) is 31.9 Å². The predicted molar refractivity (Wildman–Crippen MR) is 118 cm³/mol. The van der Waals surface area contributed by atoms with Crippen molar-refractivity contribution in [2.75, 3.05) is 18.5 Å². The molecule has 1 amide bonds. The Balaban J connectivity index is 1.92. The van der Waals surface area contributed by atoms with Gasteiger partial charge in [0.05, 0.1) is 17.9 Å². The monoisotopic (exact) mass is 448 g/mol. The Bertz CT molecular complexity index is 1020. The van der Waals surface area contributed by atoms with E-state index in [9.17, 15) is 18.0 Å². The molecule has 0 radical (unpaired) electrons. The minimum absolute atomic E-state index is 0.137. The second-order valence-electron chi connectivity index (χ2n) is 7.22. The van der Waals surface area contributed by atoms with Crippen molar-refractivity contribution in [1.29, 1.82) is 0 Å². The van der Waals surface area contributed by atoms with Crippen LogP contribution in [0.15, 0.2) is 47.4 Å². The van der Waals surface area contributed by atoms with Crippen LogP contribution in [0.25, 0.3) is 0 Å². The molecule has 8 nitrogen and oxygen atoms in total. The average molecular weight is 449 g/mol. The molecule has 0 spiro atoms. The van der Waals surface area contributed by atoms with E-state index in [-0.39, 0.29) is 35.8 Å². The van der Waals surface area contributed by atoms with E-state index in [1.54, 1.807) is 52.0 Å². The van der Waals surface area contributed by atoms with Crippen LogP contribution in [0.2, 0.25) is 0 Å². The third-order valence-corrected chi connectivity index (χ3v) is 5.75. The smallest absolute Gasteiger partial charge is 0.310 e. The van der Waals surface area contributed by atoms with Gasteiger partial charge in [-0.25, -0.2) is 13.1 Å². The summed E-state index contributed by atoms with van der Waals surface area (Å²) in [5.74, 6) is -0.249. The number of amides is 1. The van der Waals surface area contributed by atoms with Crippen molar-refractivity contribution in [2.24, 2.45) is 0 Å². The molecule has 9 heteroatoms. The maximum atomic E-state index is 12.2. The molecule has 0 bridgehead atoms. The van der Waals surface area contributed by atoms with Gasteiger partial charge in [0.1, 0.15) is 5.75 Å². The van der Waals surface area contributed by atoms with Crippen LogP contribution in [0.3, 0.4) is 0 Å². The third kappa shape index (κ3) is 7.69. The van der Waals surface area contributed by atoms with Gasteiger partial charge in [0.25, 0.3) is 5.91 Å². The number of rotatable bonds is 10. The highest BCUT2D eigenvalue weighted by atomic mass is 32.2. The number of carbonyl (C=O) groups excluding carboxylic acids is 2. The first-order chi connectivity index (χ1) is 14.6. The first-order valence-electron chi connectivity index (χ1n) is 9.91. The fourth-order valence-corrected chi connectivity index (χ4v) is 4.09. The van der Waals surface area contributed by atoms with E-state index < -0.39 is 10.0 Å². The van der Waals surface area contributed by atoms with E-state index in [0.29, 0.717) is 23.6 Å². The number of anilines is 1. The highest BCUT2D eigenvalue weighted by Gasteiger charge is 2.17. The first-order valence-corrected chi connectivity index (χ1v) is 11.4. The van der Waals surface area contributed by atoms with Crippen LogP contribution in [-0.2, 0) is 30.8 Å². The van der Waals surface area contributed by atoms with Crippen LogP contribution >= 0.6 is 0 Å². The molecule has 168 valence electrons. The quantitative estimate of drug-likeness (QED) is 0.541. The van der Waals surface area contributed by atoms with E-state index in [0.717, 1.165) is 5.56 Å². The number of hydrogen-bond donors (Lipinski definition) is 2. The summed E-state index contributed by atoms with van der Waals surface area (Å²) >= 11 is 0. The first kappa shape index (κ1) is 24.4. The van der Waals surface area contributed by atoms with Crippen molar-refractivity contribution in [2.45, 2.75) is 45.1 Å². The molecule has 0 aromatic heterocycles. The molecule has 0 saturated carbocycles. The lowest BCUT2D eigenvalue weighted by molar-refractivity contribution is -0.142. The van der Waals surface area contributed by atoms with Crippen molar-refractivity contribution in [1.82, 2.24) is 4.72 Å². The molecule has 0 fully saturated rings. The van der Waals surface area contributed by atoms with Crippen LogP contribution in [0.5, 0.6) is 5.75 Å². The number of ether oxygens (including phenoxy) is 2. The Morgan fingerprint density at radius 1 is 1.06 bits per heavy atom. The SMILES string of the molecule is CCOC(=O)Cc1ccc(NC(=O)COc2ccc(S(=O)(=O)NC(C)C)cc2C)cc1. The molecule has 0 saturated heterocycles. The second-order valence-corrected chi connectivity index (χ2v) is 8.93. The summed E-state index contributed by atoms with van der Waals surface area (Å²) in [5, 5.41) is 2.71. The Morgan fingerprint density at radius 3 is 2.32 bits per heavy atom. The van der Waals surface area contributed by atoms with Crippen LogP contribution in [0.4, 0.5) is 5.69 Å². The van der Waals surface area contributed by atoms with Crippen LogP contribution in [-0.4, -0.2) is 39.5 Å². The summed E-state index contributed by atoms with van der Waals surface area (Å²) in [5.41, 5.74) is 1.95. The van der Waals surface area contributed by atoms with Gasteiger partial charge in [0.2, 0.25) is 10.0 Å². The Hall–Kier alpha value is -2.91. The summed E-state index contributed by atoms with van der Waals surface area (Å²) < 4.78 is 37.5. The normalized spacial score (nSPS) is 11.3. The lowest BCUT2D eigenvalue weighted by Gasteiger charge is -2.13. The van der Waals surface area contributed by atoms with Gasteiger partial charge in [0, 0.05) is 11.7 Å². The van der Waals surface area contributed by atoms with Gasteiger partial charge in [-0.05, 0) is 69.2 Å². The summed E-state index contributed by atoms with van der Waals surface area (Å²) in [6, 6.07) is 11.1. The molecular weight excluding hydrogens is 420 g/mol. The molecule has 0 unspecified atom stereocenters. The van der Waals surface area contributed by atoms with Crippen LogP contribution < -0.4 is 14.8 Å². The van der Waals surface area contributed by atoms with E-state index >= 15 is 0 Å². The highest BCUT2D eigenvalue weighted by molar-refractivity contribution is 7.89. The van der Waals surface area contributed by atoms with E-state index in [2.05, 4.69) is 10.0 Å². The molecule has 2 aromatic carbocycles. The lowest BCUT2D eigenvalue weighted by atomic mass is 10.1. The van der Waals surface area contributed by atoms with Crippen LogP contribution in [0, 0.1) is 6.92 Å². The maximum absolute atomic E-state index is 12.2. The number of carbonyl (C=O) groups is 2. The van der Waals surface area contributed by atoms with Crippen molar-refractivity contribution in [3.8, 4) is 5.75 Å². The zero-order valence-corrected chi connectivity index (χ0v) is 18.9. The zero-order chi connectivity index (χ0) is 23.0. The molecule has 2 rings (SSSR count). The maximum Gasteiger partial charge on any atom is 0.310 e. The minimum atomic E-state index is -3.60. The Morgan fingerprint density at radius 2 is 1.74 bits per heavy atom.